The maximum atomic E-state index is 11.9. The highest BCUT2D eigenvalue weighted by molar-refractivity contribution is 5.87. The van der Waals surface area contributed by atoms with E-state index < -0.39 is 0 Å². The molecule has 0 saturated carbocycles. The topological polar surface area (TPSA) is 56.1 Å². The highest BCUT2D eigenvalue weighted by Crippen LogP contribution is 2.39. The van der Waals surface area contributed by atoms with Gasteiger partial charge < -0.3 is 14.6 Å². The van der Waals surface area contributed by atoms with Gasteiger partial charge in [0.25, 0.3) is 0 Å². The minimum absolute atomic E-state index is 0.125. The van der Waals surface area contributed by atoms with Crippen LogP contribution in [0.3, 0.4) is 0 Å². The highest BCUT2D eigenvalue weighted by Gasteiger charge is 2.22. The third-order valence-corrected chi connectivity index (χ3v) is 6.46. The van der Waals surface area contributed by atoms with Crippen molar-refractivity contribution in [3.8, 4) is 45.0 Å². The van der Waals surface area contributed by atoms with Crippen LogP contribution in [0.1, 0.15) is 13.8 Å². The number of carbonyl (C=O) groups is 1. The van der Waals surface area contributed by atoms with Crippen LogP contribution in [0.25, 0.3) is 45.0 Å². The molecule has 4 aromatic carbocycles. The van der Waals surface area contributed by atoms with Gasteiger partial charge in [-0.25, -0.2) is 4.98 Å². The van der Waals surface area contributed by atoms with Crippen LogP contribution in [0.5, 0.6) is 0 Å². The molecular formula is C33H31N3O2. The maximum absolute atomic E-state index is 11.9. The number of hydrogen-bond acceptors (Lipinski definition) is 4. The number of rotatable bonds is 9. The van der Waals surface area contributed by atoms with Crippen molar-refractivity contribution in [1.82, 2.24) is 9.55 Å². The van der Waals surface area contributed by atoms with Crippen molar-refractivity contribution < 1.29 is 9.53 Å². The van der Waals surface area contributed by atoms with Gasteiger partial charge in [0, 0.05) is 28.9 Å². The Balaban J connectivity index is 1.63. The molecule has 0 unspecified atom stereocenters. The summed E-state index contributed by atoms with van der Waals surface area (Å²) in [5.41, 5.74) is 8.32. The summed E-state index contributed by atoms with van der Waals surface area (Å²) in [4.78, 5) is 17.1. The lowest BCUT2D eigenvalue weighted by Gasteiger charge is -2.14. The Morgan fingerprint density at radius 1 is 0.763 bits per heavy atom. The average molecular weight is 502 g/mol. The lowest BCUT2D eigenvalue weighted by molar-refractivity contribution is -0.140. The van der Waals surface area contributed by atoms with E-state index in [1.54, 1.807) is 0 Å². The molecule has 5 nitrogen and oxygen atoms in total. The Morgan fingerprint density at radius 3 is 2.08 bits per heavy atom. The van der Waals surface area contributed by atoms with Gasteiger partial charge in [-0.2, -0.15) is 0 Å². The van der Waals surface area contributed by atoms with Gasteiger partial charge in [0.15, 0.2) is 0 Å². The zero-order valence-corrected chi connectivity index (χ0v) is 21.7. The second kappa shape index (κ2) is 11.6. The normalized spacial score (nSPS) is 10.8. The molecule has 5 rings (SSSR count). The van der Waals surface area contributed by atoms with Crippen molar-refractivity contribution in [2.75, 3.05) is 18.5 Å². The summed E-state index contributed by atoms with van der Waals surface area (Å²) in [6.07, 6.45) is 0. The van der Waals surface area contributed by atoms with Crippen LogP contribution in [-0.2, 0) is 16.1 Å². The van der Waals surface area contributed by atoms with Crippen LogP contribution in [0.15, 0.2) is 109 Å². The van der Waals surface area contributed by atoms with Gasteiger partial charge in [-0.3, -0.25) is 4.79 Å². The molecule has 5 aromatic rings. The van der Waals surface area contributed by atoms with Gasteiger partial charge in [0.1, 0.15) is 12.4 Å². The molecule has 0 fully saturated rings. The second-order valence-electron chi connectivity index (χ2n) is 8.89. The molecular weight excluding hydrogens is 470 g/mol. The molecule has 5 heteroatoms. The number of carbonyl (C=O) groups excluding carboxylic acids is 1. The molecule has 0 atom stereocenters. The number of nitrogens with zero attached hydrogens (tertiary/aromatic N) is 2. The fourth-order valence-electron chi connectivity index (χ4n) is 4.77. The van der Waals surface area contributed by atoms with E-state index >= 15 is 0 Å². The molecule has 1 aromatic heterocycles. The summed E-state index contributed by atoms with van der Waals surface area (Å²) in [5.74, 6) is 0.649. The zero-order valence-electron chi connectivity index (χ0n) is 21.7. The Labute approximate surface area is 223 Å². The first kappa shape index (κ1) is 25.0. The SMILES string of the molecule is CCOC(=O)CNc1cccc(-c2ccccc2-c2nc(-c3ccccc3)c(-c3ccccc3)n2CC)c1. The van der Waals surface area contributed by atoms with Gasteiger partial charge in [-0.15, -0.1) is 0 Å². The van der Waals surface area contributed by atoms with Crippen molar-refractivity contribution in [2.24, 2.45) is 0 Å². The zero-order chi connectivity index (χ0) is 26.3. The average Bonchev–Trinajstić information content (AvgIpc) is 3.37. The van der Waals surface area contributed by atoms with Crippen molar-refractivity contribution >= 4 is 11.7 Å². The number of anilines is 1. The Bertz CT molecular complexity index is 1520. The molecule has 0 bridgehead atoms. The summed E-state index contributed by atoms with van der Waals surface area (Å²) in [6, 6.07) is 37.3. The van der Waals surface area contributed by atoms with Crippen LogP contribution >= 0.6 is 0 Å². The minimum Gasteiger partial charge on any atom is -0.465 e. The van der Waals surface area contributed by atoms with Crippen molar-refractivity contribution in [1.29, 1.82) is 0 Å². The number of nitrogens with one attached hydrogen (secondary N) is 1. The second-order valence-corrected chi connectivity index (χ2v) is 8.89. The van der Waals surface area contributed by atoms with E-state index in [0.717, 1.165) is 57.3 Å². The predicted octanol–water partition coefficient (Wildman–Crippen LogP) is 7.55. The maximum Gasteiger partial charge on any atom is 0.325 e. The first-order valence-corrected chi connectivity index (χ1v) is 13.0. The van der Waals surface area contributed by atoms with Gasteiger partial charge in [0.2, 0.25) is 0 Å². The lowest BCUT2D eigenvalue weighted by Crippen LogP contribution is -2.16. The van der Waals surface area contributed by atoms with E-state index in [-0.39, 0.29) is 12.5 Å². The van der Waals surface area contributed by atoms with Gasteiger partial charge in [0.05, 0.1) is 18.0 Å². The first-order chi connectivity index (χ1) is 18.7. The largest absolute Gasteiger partial charge is 0.465 e. The summed E-state index contributed by atoms with van der Waals surface area (Å²) >= 11 is 0. The first-order valence-electron chi connectivity index (χ1n) is 13.0. The Kier molecular flexibility index (Phi) is 7.65. The van der Waals surface area contributed by atoms with Crippen LogP contribution in [0.4, 0.5) is 5.69 Å². The standard InChI is InChI=1S/C33H31N3O2/c1-3-36-32(25-16-9-6-10-17-25)31(24-14-7-5-8-15-24)35-33(36)29-21-12-11-20-28(29)26-18-13-19-27(22-26)34-23-30(37)38-4-2/h5-22,34H,3-4,23H2,1-2H3. The van der Waals surface area contributed by atoms with Crippen molar-refractivity contribution in [3.63, 3.8) is 0 Å². The number of hydrogen-bond donors (Lipinski definition) is 1. The van der Waals surface area contributed by atoms with Gasteiger partial charge >= 0.3 is 5.97 Å². The minimum atomic E-state index is -0.273. The van der Waals surface area contributed by atoms with Crippen LogP contribution in [0, 0.1) is 0 Å². The Hall–Kier alpha value is -4.64. The van der Waals surface area contributed by atoms with E-state index in [2.05, 4.69) is 95.7 Å². The molecule has 38 heavy (non-hydrogen) atoms. The molecule has 0 aliphatic rings. The molecule has 1 N–H and O–H groups in total. The predicted molar refractivity (Wildman–Crippen MR) is 155 cm³/mol. The quantitative estimate of drug-likeness (QED) is 0.212. The van der Waals surface area contributed by atoms with Gasteiger partial charge in [-0.1, -0.05) is 97.1 Å². The van der Waals surface area contributed by atoms with E-state index in [1.807, 2.05) is 37.3 Å². The van der Waals surface area contributed by atoms with Crippen molar-refractivity contribution in [3.05, 3.63) is 109 Å². The van der Waals surface area contributed by atoms with E-state index in [0.29, 0.717) is 6.61 Å². The van der Waals surface area contributed by atoms with Crippen LogP contribution < -0.4 is 5.32 Å². The molecule has 0 radical (unpaired) electrons. The fraction of sp³-hybridized carbons (Fsp3) is 0.152. The summed E-state index contributed by atoms with van der Waals surface area (Å²) < 4.78 is 7.36. The number of aromatic nitrogens is 2. The van der Waals surface area contributed by atoms with E-state index in [4.69, 9.17) is 9.72 Å². The highest BCUT2D eigenvalue weighted by atomic mass is 16.5. The molecule has 0 spiro atoms. The molecule has 190 valence electrons. The molecule has 0 saturated heterocycles. The molecule has 0 aliphatic carbocycles. The number of imidazole rings is 1. The molecule has 0 amide bonds. The number of benzene rings is 4. The lowest BCUT2D eigenvalue weighted by atomic mass is 9.98. The van der Waals surface area contributed by atoms with Crippen molar-refractivity contribution in [2.45, 2.75) is 20.4 Å². The number of esters is 1. The van der Waals surface area contributed by atoms with E-state index in [9.17, 15) is 4.79 Å². The number of ether oxygens (including phenoxy) is 1. The van der Waals surface area contributed by atoms with Crippen LogP contribution in [0.2, 0.25) is 0 Å². The molecule has 1 heterocycles. The third-order valence-electron chi connectivity index (χ3n) is 6.46. The smallest absolute Gasteiger partial charge is 0.325 e. The fourth-order valence-corrected chi connectivity index (χ4v) is 4.77. The van der Waals surface area contributed by atoms with Crippen LogP contribution in [-0.4, -0.2) is 28.7 Å². The summed E-state index contributed by atoms with van der Waals surface area (Å²) in [7, 11) is 0. The van der Waals surface area contributed by atoms with Gasteiger partial charge in [-0.05, 0) is 37.1 Å². The summed E-state index contributed by atoms with van der Waals surface area (Å²) in [5, 5.41) is 3.18. The third kappa shape index (κ3) is 5.23. The van der Waals surface area contributed by atoms with E-state index in [1.165, 1.54) is 0 Å². The molecule has 0 aliphatic heterocycles. The Morgan fingerprint density at radius 2 is 1.39 bits per heavy atom. The monoisotopic (exact) mass is 501 g/mol. The summed E-state index contributed by atoms with van der Waals surface area (Å²) in [6.45, 7) is 5.24.